The molecule has 1 fully saturated rings. The molecule has 120 valence electrons. The van der Waals surface area contributed by atoms with Gasteiger partial charge in [0, 0.05) is 0 Å². The quantitative estimate of drug-likeness (QED) is 0.781. The molecule has 1 aliphatic rings. The Morgan fingerprint density at radius 2 is 2.05 bits per heavy atom. The van der Waals surface area contributed by atoms with E-state index in [1.54, 1.807) is 19.1 Å². The largest absolute Gasteiger partial charge is 0.483 e. The Balaban J connectivity index is 1.96. The zero-order valence-corrected chi connectivity index (χ0v) is 13.0. The van der Waals surface area contributed by atoms with Crippen LogP contribution in [0.25, 0.3) is 0 Å². The Labute approximate surface area is 128 Å². The number of benzene rings is 1. The number of hydrogen-bond acceptors (Lipinski definition) is 5. The van der Waals surface area contributed by atoms with Gasteiger partial charge in [0.25, 0.3) is 11.8 Å². The van der Waals surface area contributed by atoms with Crippen molar-refractivity contribution < 1.29 is 22.7 Å². The SMILES string of the molecule is C[C@]1(NC(=O)COc2ccccc2C(N)=O)CCS(=O)(=O)C1. The van der Waals surface area contributed by atoms with Crippen molar-refractivity contribution in [2.24, 2.45) is 5.73 Å². The van der Waals surface area contributed by atoms with Gasteiger partial charge in [0.05, 0.1) is 22.6 Å². The molecule has 1 aromatic rings. The number of primary amides is 1. The predicted octanol–water partition coefficient (Wildman–Crippen LogP) is -0.142. The third-order valence-electron chi connectivity index (χ3n) is 3.46. The lowest BCUT2D eigenvalue weighted by molar-refractivity contribution is -0.124. The van der Waals surface area contributed by atoms with E-state index in [9.17, 15) is 18.0 Å². The Morgan fingerprint density at radius 1 is 1.36 bits per heavy atom. The normalized spacial score (nSPS) is 23.0. The minimum atomic E-state index is -3.10. The van der Waals surface area contributed by atoms with E-state index >= 15 is 0 Å². The van der Waals surface area contributed by atoms with Crippen molar-refractivity contribution in [1.29, 1.82) is 0 Å². The van der Waals surface area contributed by atoms with Crippen LogP contribution in [-0.2, 0) is 14.6 Å². The zero-order chi connectivity index (χ0) is 16.4. The average molecular weight is 326 g/mol. The van der Waals surface area contributed by atoms with Gasteiger partial charge in [-0.2, -0.15) is 0 Å². The van der Waals surface area contributed by atoms with E-state index < -0.39 is 27.2 Å². The first-order valence-corrected chi connectivity index (χ1v) is 8.56. The topological polar surface area (TPSA) is 116 Å². The molecule has 0 bridgehead atoms. The van der Waals surface area contributed by atoms with E-state index in [-0.39, 0.29) is 29.4 Å². The molecular formula is C14H18N2O5S. The number of sulfone groups is 1. The van der Waals surface area contributed by atoms with Gasteiger partial charge in [0.2, 0.25) is 0 Å². The molecule has 0 aliphatic carbocycles. The first-order valence-electron chi connectivity index (χ1n) is 6.74. The zero-order valence-electron chi connectivity index (χ0n) is 12.2. The van der Waals surface area contributed by atoms with Crippen molar-refractivity contribution in [2.75, 3.05) is 18.1 Å². The van der Waals surface area contributed by atoms with Crippen molar-refractivity contribution in [3.05, 3.63) is 29.8 Å². The number of hydrogen-bond donors (Lipinski definition) is 2. The Hall–Kier alpha value is -2.09. The molecule has 8 heteroatoms. The summed E-state index contributed by atoms with van der Waals surface area (Å²) in [6.45, 7) is 1.37. The summed E-state index contributed by atoms with van der Waals surface area (Å²) in [6, 6.07) is 6.33. The number of rotatable bonds is 5. The highest BCUT2D eigenvalue weighted by atomic mass is 32.2. The van der Waals surface area contributed by atoms with Gasteiger partial charge in [-0.05, 0) is 25.5 Å². The number of amides is 2. The third-order valence-corrected chi connectivity index (χ3v) is 5.36. The lowest BCUT2D eigenvalue weighted by Gasteiger charge is -2.23. The van der Waals surface area contributed by atoms with E-state index in [2.05, 4.69) is 5.32 Å². The van der Waals surface area contributed by atoms with Crippen LogP contribution in [0.3, 0.4) is 0 Å². The molecule has 7 nitrogen and oxygen atoms in total. The van der Waals surface area contributed by atoms with Crippen molar-refractivity contribution in [2.45, 2.75) is 18.9 Å². The van der Waals surface area contributed by atoms with Crippen LogP contribution in [0.2, 0.25) is 0 Å². The average Bonchev–Trinajstić information content (AvgIpc) is 2.70. The van der Waals surface area contributed by atoms with E-state index in [0.717, 1.165) is 0 Å². The Kier molecular flexibility index (Phi) is 4.41. The maximum Gasteiger partial charge on any atom is 0.258 e. The molecule has 3 N–H and O–H groups in total. The molecule has 2 rings (SSSR count). The minimum absolute atomic E-state index is 0.0646. The monoisotopic (exact) mass is 326 g/mol. The van der Waals surface area contributed by atoms with Gasteiger partial charge >= 0.3 is 0 Å². The third kappa shape index (κ3) is 3.97. The minimum Gasteiger partial charge on any atom is -0.483 e. The lowest BCUT2D eigenvalue weighted by atomic mass is 10.0. The van der Waals surface area contributed by atoms with Gasteiger partial charge in [0.15, 0.2) is 16.4 Å². The van der Waals surface area contributed by atoms with Crippen LogP contribution in [0, 0.1) is 0 Å². The summed E-state index contributed by atoms with van der Waals surface area (Å²) in [7, 11) is -3.10. The van der Waals surface area contributed by atoms with Crippen LogP contribution in [0.4, 0.5) is 0 Å². The first-order chi connectivity index (χ1) is 10.2. The number of para-hydroxylation sites is 1. The molecule has 1 heterocycles. The predicted molar refractivity (Wildman–Crippen MR) is 80.3 cm³/mol. The number of carbonyl (C=O) groups excluding carboxylic acids is 2. The number of nitrogens with two attached hydrogens (primary N) is 1. The number of ether oxygens (including phenoxy) is 1. The molecule has 1 aliphatic heterocycles. The highest BCUT2D eigenvalue weighted by molar-refractivity contribution is 7.91. The second-order valence-corrected chi connectivity index (χ2v) is 7.78. The summed E-state index contributed by atoms with van der Waals surface area (Å²) in [5.41, 5.74) is 4.63. The second-order valence-electron chi connectivity index (χ2n) is 5.60. The molecule has 0 saturated carbocycles. The molecule has 1 atom stereocenters. The van der Waals surface area contributed by atoms with Crippen LogP contribution in [0.5, 0.6) is 5.75 Å². The van der Waals surface area contributed by atoms with Gasteiger partial charge in [0.1, 0.15) is 5.75 Å². The molecule has 0 radical (unpaired) electrons. The summed E-state index contributed by atoms with van der Waals surface area (Å²) >= 11 is 0. The summed E-state index contributed by atoms with van der Waals surface area (Å²) in [6.07, 6.45) is 0.374. The molecule has 0 spiro atoms. The van der Waals surface area contributed by atoms with Gasteiger partial charge in [-0.1, -0.05) is 12.1 Å². The van der Waals surface area contributed by atoms with Crippen LogP contribution in [0.15, 0.2) is 24.3 Å². The van der Waals surface area contributed by atoms with Crippen molar-refractivity contribution in [3.63, 3.8) is 0 Å². The smallest absolute Gasteiger partial charge is 0.258 e. The fourth-order valence-electron chi connectivity index (χ4n) is 2.42. The van der Waals surface area contributed by atoms with Crippen molar-refractivity contribution in [3.8, 4) is 5.75 Å². The van der Waals surface area contributed by atoms with E-state index in [1.807, 2.05) is 0 Å². The summed E-state index contributed by atoms with van der Waals surface area (Å²) in [5.74, 6) is -0.892. The van der Waals surface area contributed by atoms with Crippen molar-refractivity contribution in [1.82, 2.24) is 5.32 Å². The van der Waals surface area contributed by atoms with Crippen LogP contribution < -0.4 is 15.8 Å². The maximum absolute atomic E-state index is 11.9. The van der Waals surface area contributed by atoms with E-state index in [0.29, 0.717) is 6.42 Å². The molecular weight excluding hydrogens is 308 g/mol. The summed E-state index contributed by atoms with van der Waals surface area (Å²) < 4.78 is 28.3. The second kappa shape index (κ2) is 5.96. The van der Waals surface area contributed by atoms with Gasteiger partial charge in [-0.15, -0.1) is 0 Å². The standard InChI is InChI=1S/C14H18N2O5S/c1-14(6-7-22(19,20)9-14)16-12(17)8-21-11-5-3-2-4-10(11)13(15)18/h2-5H,6-9H2,1H3,(H2,15,18)(H,16,17)/t14-/m0/s1. The molecule has 1 saturated heterocycles. The van der Waals surface area contributed by atoms with E-state index in [1.165, 1.54) is 12.1 Å². The summed E-state index contributed by atoms with van der Waals surface area (Å²) in [5, 5.41) is 2.67. The van der Waals surface area contributed by atoms with Crippen molar-refractivity contribution >= 4 is 21.7 Å². The van der Waals surface area contributed by atoms with Gasteiger partial charge < -0.3 is 15.8 Å². The number of nitrogens with one attached hydrogen (secondary N) is 1. The van der Waals surface area contributed by atoms with Gasteiger partial charge in [-0.25, -0.2) is 8.42 Å². The van der Waals surface area contributed by atoms with Crippen LogP contribution in [-0.4, -0.2) is 43.9 Å². The van der Waals surface area contributed by atoms with Gasteiger partial charge in [-0.3, -0.25) is 9.59 Å². The van der Waals surface area contributed by atoms with E-state index in [4.69, 9.17) is 10.5 Å². The fourth-order valence-corrected chi connectivity index (χ4v) is 4.51. The first kappa shape index (κ1) is 16.3. The molecule has 1 aromatic carbocycles. The number of carbonyl (C=O) groups is 2. The Bertz CT molecular complexity index is 701. The summed E-state index contributed by atoms with van der Waals surface area (Å²) in [4.78, 5) is 23.2. The molecule has 22 heavy (non-hydrogen) atoms. The fraction of sp³-hybridized carbons (Fsp3) is 0.429. The molecule has 2 amide bonds. The molecule has 0 unspecified atom stereocenters. The van der Waals surface area contributed by atoms with Crippen LogP contribution in [0.1, 0.15) is 23.7 Å². The maximum atomic E-state index is 11.9. The highest BCUT2D eigenvalue weighted by Gasteiger charge is 2.39. The lowest BCUT2D eigenvalue weighted by Crippen LogP contribution is -2.48. The molecule has 0 aromatic heterocycles. The van der Waals surface area contributed by atoms with Crippen LogP contribution >= 0.6 is 0 Å². The Morgan fingerprint density at radius 3 is 2.64 bits per heavy atom. The highest BCUT2D eigenvalue weighted by Crippen LogP contribution is 2.23.